The van der Waals surface area contributed by atoms with Gasteiger partial charge in [-0.25, -0.2) is 9.18 Å². The summed E-state index contributed by atoms with van der Waals surface area (Å²) >= 11 is 0. The predicted molar refractivity (Wildman–Crippen MR) is 52.7 cm³/mol. The summed E-state index contributed by atoms with van der Waals surface area (Å²) in [6, 6.07) is 0. The van der Waals surface area contributed by atoms with Crippen molar-refractivity contribution in [2.24, 2.45) is 5.41 Å². The number of hydrogen-bond acceptors (Lipinski definition) is 4. The molecule has 0 radical (unpaired) electrons. The Balaban J connectivity index is 2.12. The van der Waals surface area contributed by atoms with E-state index in [4.69, 9.17) is 4.74 Å². The predicted octanol–water partition coefficient (Wildman–Crippen LogP) is 1.91. The molecule has 0 aromatic carbocycles. The van der Waals surface area contributed by atoms with Gasteiger partial charge in [0.2, 0.25) is 0 Å². The molecule has 1 aliphatic heterocycles. The number of carbonyl (C=O) groups is 2. The Morgan fingerprint density at radius 3 is 2.68 bits per heavy atom. The maximum atomic E-state index is 12.9. The molecular weight excluding hydrogens is 272 g/mol. The van der Waals surface area contributed by atoms with E-state index in [9.17, 15) is 27.2 Å². The van der Waals surface area contributed by atoms with Gasteiger partial charge in [-0.3, -0.25) is 4.79 Å². The fourth-order valence-electron chi connectivity index (χ4n) is 2.46. The van der Waals surface area contributed by atoms with Crippen molar-refractivity contribution < 1.29 is 36.6 Å². The first-order valence-corrected chi connectivity index (χ1v) is 5.80. The van der Waals surface area contributed by atoms with Crippen LogP contribution in [0.15, 0.2) is 0 Å². The highest BCUT2D eigenvalue weighted by molar-refractivity contribution is 5.81. The topological polar surface area (TPSA) is 52.6 Å². The molecule has 4 nitrogen and oxygen atoms in total. The van der Waals surface area contributed by atoms with Crippen LogP contribution in [0.1, 0.15) is 26.2 Å². The third kappa shape index (κ3) is 2.17. The lowest BCUT2D eigenvalue weighted by Crippen LogP contribution is -2.46. The van der Waals surface area contributed by atoms with Crippen LogP contribution in [-0.4, -0.2) is 36.5 Å². The van der Waals surface area contributed by atoms with Crippen LogP contribution in [0.2, 0.25) is 0 Å². The van der Waals surface area contributed by atoms with Gasteiger partial charge in [-0.2, -0.15) is 13.2 Å². The summed E-state index contributed by atoms with van der Waals surface area (Å²) in [5.41, 5.74) is -2.50. The first-order chi connectivity index (χ1) is 8.67. The molecule has 19 heavy (non-hydrogen) atoms. The van der Waals surface area contributed by atoms with E-state index in [1.807, 2.05) is 0 Å². The van der Waals surface area contributed by atoms with Crippen molar-refractivity contribution >= 4 is 11.9 Å². The molecule has 2 aliphatic rings. The summed E-state index contributed by atoms with van der Waals surface area (Å²) < 4.78 is 60.8. The van der Waals surface area contributed by atoms with Crippen LogP contribution < -0.4 is 0 Å². The maximum absolute atomic E-state index is 12.9. The summed E-state index contributed by atoms with van der Waals surface area (Å²) in [5.74, 6) is -2.50. The van der Waals surface area contributed by atoms with E-state index in [1.165, 1.54) is 0 Å². The normalized spacial score (nSPS) is 35.7. The second-order valence-electron chi connectivity index (χ2n) is 4.86. The highest BCUT2D eigenvalue weighted by Gasteiger charge is 2.69. The van der Waals surface area contributed by atoms with Crippen LogP contribution in [0, 0.1) is 5.41 Å². The van der Waals surface area contributed by atoms with Crippen molar-refractivity contribution in [3.63, 3.8) is 0 Å². The third-order valence-electron chi connectivity index (χ3n) is 3.60. The molecule has 2 bridgehead atoms. The van der Waals surface area contributed by atoms with Gasteiger partial charge in [-0.1, -0.05) is 0 Å². The molecule has 1 aliphatic carbocycles. The van der Waals surface area contributed by atoms with Gasteiger partial charge in [0.1, 0.15) is 12.2 Å². The SMILES string of the molecule is CC(F)C(=O)OC1CCC2(C(F)(F)F)CC1OC2=O. The zero-order chi connectivity index (χ0) is 14.4. The zero-order valence-electron chi connectivity index (χ0n) is 10.00. The van der Waals surface area contributed by atoms with E-state index < -0.39 is 54.8 Å². The molecule has 2 fully saturated rings. The number of esters is 2. The smallest absolute Gasteiger partial charge is 0.405 e. The molecule has 4 unspecified atom stereocenters. The molecule has 0 amide bonds. The molecule has 4 atom stereocenters. The molecule has 0 spiro atoms. The van der Waals surface area contributed by atoms with Crippen molar-refractivity contribution in [3.05, 3.63) is 0 Å². The van der Waals surface area contributed by atoms with Crippen molar-refractivity contribution in [3.8, 4) is 0 Å². The first-order valence-electron chi connectivity index (χ1n) is 5.80. The Morgan fingerprint density at radius 1 is 1.53 bits per heavy atom. The lowest BCUT2D eigenvalue weighted by atomic mass is 9.73. The lowest BCUT2D eigenvalue weighted by Gasteiger charge is -2.33. The second kappa shape index (κ2) is 4.35. The average Bonchev–Trinajstić information content (AvgIpc) is 2.56. The van der Waals surface area contributed by atoms with Crippen molar-refractivity contribution in [1.82, 2.24) is 0 Å². The Morgan fingerprint density at radius 2 is 2.16 bits per heavy atom. The fourth-order valence-corrected chi connectivity index (χ4v) is 2.46. The largest absolute Gasteiger partial charge is 0.458 e. The van der Waals surface area contributed by atoms with Gasteiger partial charge in [0.15, 0.2) is 11.6 Å². The molecule has 108 valence electrons. The van der Waals surface area contributed by atoms with Crippen molar-refractivity contribution in [2.45, 2.75) is 50.7 Å². The van der Waals surface area contributed by atoms with Gasteiger partial charge in [0.25, 0.3) is 0 Å². The van der Waals surface area contributed by atoms with Crippen LogP contribution in [-0.2, 0) is 19.1 Å². The van der Waals surface area contributed by atoms with E-state index in [0.717, 1.165) is 6.92 Å². The highest BCUT2D eigenvalue weighted by atomic mass is 19.4. The monoisotopic (exact) mass is 284 g/mol. The Kier molecular flexibility index (Phi) is 3.22. The number of rotatable bonds is 2. The zero-order valence-corrected chi connectivity index (χ0v) is 10.00. The first kappa shape index (κ1) is 14.1. The minimum atomic E-state index is -4.69. The number of halogens is 4. The van der Waals surface area contributed by atoms with E-state index in [0.29, 0.717) is 0 Å². The molecule has 1 saturated heterocycles. The Labute approximate surface area is 106 Å². The minimum Gasteiger partial charge on any atom is -0.458 e. The molecule has 0 aromatic heterocycles. The van der Waals surface area contributed by atoms with Gasteiger partial charge < -0.3 is 9.47 Å². The van der Waals surface area contributed by atoms with E-state index in [-0.39, 0.29) is 6.42 Å². The summed E-state index contributed by atoms with van der Waals surface area (Å²) in [4.78, 5) is 22.5. The standard InChI is InChI=1S/C11H12F4O4/c1-5(12)8(16)18-6-2-3-10(11(13,14)15)4-7(6)19-9(10)17/h5-7H,2-4H2,1H3. The quantitative estimate of drug-likeness (QED) is 0.574. The number of hydrogen-bond donors (Lipinski definition) is 0. The Hall–Kier alpha value is -1.34. The van der Waals surface area contributed by atoms with Crippen LogP contribution >= 0.6 is 0 Å². The summed E-state index contributed by atoms with van der Waals surface area (Å²) in [5, 5.41) is 0. The van der Waals surface area contributed by atoms with E-state index in [2.05, 4.69) is 4.74 Å². The van der Waals surface area contributed by atoms with Crippen LogP contribution in [0.25, 0.3) is 0 Å². The molecule has 0 N–H and O–H groups in total. The Bertz CT molecular complexity index is 406. The number of alkyl halides is 4. The van der Waals surface area contributed by atoms with Crippen LogP contribution in [0.4, 0.5) is 17.6 Å². The van der Waals surface area contributed by atoms with Crippen molar-refractivity contribution in [2.75, 3.05) is 0 Å². The van der Waals surface area contributed by atoms with Gasteiger partial charge in [-0.05, 0) is 19.8 Å². The van der Waals surface area contributed by atoms with Crippen LogP contribution in [0.5, 0.6) is 0 Å². The van der Waals surface area contributed by atoms with Gasteiger partial charge >= 0.3 is 18.1 Å². The third-order valence-corrected chi connectivity index (χ3v) is 3.60. The molecule has 2 rings (SSSR count). The maximum Gasteiger partial charge on any atom is 0.405 e. The number of fused-ring (bicyclic) bond motifs is 2. The number of ether oxygens (including phenoxy) is 2. The fraction of sp³-hybridized carbons (Fsp3) is 0.818. The second-order valence-corrected chi connectivity index (χ2v) is 4.86. The molecule has 8 heteroatoms. The molecule has 0 aromatic rings. The summed E-state index contributed by atoms with van der Waals surface area (Å²) in [6.07, 6.45) is -9.97. The minimum absolute atomic E-state index is 0.172. The van der Waals surface area contributed by atoms with Crippen molar-refractivity contribution in [1.29, 1.82) is 0 Å². The lowest BCUT2D eigenvalue weighted by molar-refractivity contribution is -0.227. The molecular formula is C11H12F4O4. The number of carbonyl (C=O) groups excluding carboxylic acids is 2. The van der Waals surface area contributed by atoms with E-state index >= 15 is 0 Å². The van der Waals surface area contributed by atoms with Crippen LogP contribution in [0.3, 0.4) is 0 Å². The van der Waals surface area contributed by atoms with E-state index in [1.54, 1.807) is 0 Å². The molecule has 1 heterocycles. The summed E-state index contributed by atoms with van der Waals surface area (Å²) in [6.45, 7) is 0.964. The molecule has 1 saturated carbocycles. The van der Waals surface area contributed by atoms with Gasteiger partial charge in [0.05, 0.1) is 0 Å². The average molecular weight is 284 g/mol. The van der Waals surface area contributed by atoms with Gasteiger partial charge in [0, 0.05) is 6.42 Å². The summed E-state index contributed by atoms with van der Waals surface area (Å²) in [7, 11) is 0. The van der Waals surface area contributed by atoms with Gasteiger partial charge in [-0.15, -0.1) is 0 Å². The highest BCUT2D eigenvalue weighted by Crippen LogP contribution is 2.55.